The summed E-state index contributed by atoms with van der Waals surface area (Å²) in [6.45, 7) is 4.26. The summed E-state index contributed by atoms with van der Waals surface area (Å²) in [6, 6.07) is 14.5. The Kier molecular flexibility index (Phi) is 5.28. The van der Waals surface area contributed by atoms with Crippen LogP contribution in [0.2, 0.25) is 0 Å². The maximum Gasteiger partial charge on any atom is 0.170 e. The molecule has 0 spiro atoms. The smallest absolute Gasteiger partial charge is 0.170 e. The molecule has 0 saturated heterocycles. The van der Waals surface area contributed by atoms with E-state index in [1.807, 2.05) is 36.0 Å². The van der Waals surface area contributed by atoms with Gasteiger partial charge in [-0.25, -0.2) is 0 Å². The van der Waals surface area contributed by atoms with E-state index in [0.29, 0.717) is 0 Å². The highest BCUT2D eigenvalue weighted by Crippen LogP contribution is 2.20. The molecule has 0 aliphatic heterocycles. The van der Waals surface area contributed by atoms with E-state index in [1.54, 1.807) is 0 Å². The zero-order valence-electron chi connectivity index (χ0n) is 12.3. The van der Waals surface area contributed by atoms with Crippen LogP contribution in [0.15, 0.2) is 47.6 Å². The van der Waals surface area contributed by atoms with Crippen molar-refractivity contribution in [2.24, 2.45) is 10.9 Å². The van der Waals surface area contributed by atoms with Crippen molar-refractivity contribution in [3.05, 3.63) is 70.3 Å². The number of oxime groups is 1. The lowest BCUT2D eigenvalue weighted by Gasteiger charge is -2.06. The monoisotopic (exact) mass is 300 g/mol. The molecule has 4 heteroatoms. The largest absolute Gasteiger partial charge is 0.409 e. The maximum atomic E-state index is 8.63. The van der Waals surface area contributed by atoms with Gasteiger partial charge < -0.3 is 10.9 Å². The number of nitrogens with two attached hydrogens (primary N) is 1. The van der Waals surface area contributed by atoms with Gasteiger partial charge in [-0.2, -0.15) is 11.8 Å². The zero-order valence-corrected chi connectivity index (χ0v) is 13.2. The van der Waals surface area contributed by atoms with E-state index in [0.717, 1.165) is 17.1 Å². The fraction of sp³-hybridized carbons (Fsp3) is 0.235. The molecule has 0 amide bonds. The van der Waals surface area contributed by atoms with Crippen molar-refractivity contribution in [1.82, 2.24) is 0 Å². The Bertz CT molecular complexity index is 615. The third-order valence-electron chi connectivity index (χ3n) is 3.18. The van der Waals surface area contributed by atoms with Crippen LogP contribution in [-0.4, -0.2) is 11.0 Å². The van der Waals surface area contributed by atoms with Gasteiger partial charge in [-0.1, -0.05) is 58.7 Å². The lowest BCUT2D eigenvalue weighted by atomic mass is 10.1. The van der Waals surface area contributed by atoms with E-state index in [9.17, 15) is 0 Å². The van der Waals surface area contributed by atoms with E-state index in [-0.39, 0.29) is 5.84 Å². The molecule has 2 rings (SSSR count). The van der Waals surface area contributed by atoms with E-state index < -0.39 is 0 Å². The Balaban J connectivity index is 1.91. The summed E-state index contributed by atoms with van der Waals surface area (Å²) in [4.78, 5) is 0. The first-order valence-electron chi connectivity index (χ1n) is 6.80. The molecule has 3 nitrogen and oxygen atoms in total. The van der Waals surface area contributed by atoms with Gasteiger partial charge in [0, 0.05) is 17.1 Å². The van der Waals surface area contributed by atoms with Crippen molar-refractivity contribution in [1.29, 1.82) is 0 Å². The van der Waals surface area contributed by atoms with Gasteiger partial charge in [-0.3, -0.25) is 0 Å². The molecule has 0 unspecified atom stereocenters. The first kappa shape index (κ1) is 15.4. The van der Waals surface area contributed by atoms with Crippen LogP contribution in [0, 0.1) is 13.8 Å². The Morgan fingerprint density at radius 2 is 1.57 bits per heavy atom. The summed E-state index contributed by atoms with van der Waals surface area (Å²) in [5, 5.41) is 11.6. The summed E-state index contributed by atoms with van der Waals surface area (Å²) in [5.41, 5.74) is 11.5. The molecule has 0 heterocycles. The van der Waals surface area contributed by atoms with E-state index >= 15 is 0 Å². The molecular formula is C17H20N2OS. The van der Waals surface area contributed by atoms with Gasteiger partial charge in [0.25, 0.3) is 0 Å². The highest BCUT2D eigenvalue weighted by Gasteiger charge is 2.01. The quantitative estimate of drug-likeness (QED) is 0.382. The molecule has 2 aromatic rings. The van der Waals surface area contributed by atoms with Crippen LogP contribution < -0.4 is 5.73 Å². The highest BCUT2D eigenvalue weighted by atomic mass is 32.2. The van der Waals surface area contributed by atoms with Gasteiger partial charge in [0.05, 0.1) is 0 Å². The van der Waals surface area contributed by atoms with Crippen molar-refractivity contribution < 1.29 is 5.21 Å². The van der Waals surface area contributed by atoms with Gasteiger partial charge >= 0.3 is 0 Å². The fourth-order valence-electron chi connectivity index (χ4n) is 2.27. The highest BCUT2D eigenvalue weighted by molar-refractivity contribution is 7.97. The average Bonchev–Trinajstić information content (AvgIpc) is 2.46. The summed E-state index contributed by atoms with van der Waals surface area (Å²) in [5.74, 6) is 2.10. The average molecular weight is 300 g/mol. The molecule has 0 aliphatic rings. The van der Waals surface area contributed by atoms with Crippen molar-refractivity contribution in [3.63, 3.8) is 0 Å². The third-order valence-corrected chi connectivity index (χ3v) is 4.25. The van der Waals surface area contributed by atoms with Crippen molar-refractivity contribution in [2.45, 2.75) is 25.4 Å². The molecule has 0 bridgehead atoms. The van der Waals surface area contributed by atoms with Crippen LogP contribution in [0.5, 0.6) is 0 Å². The lowest BCUT2D eigenvalue weighted by Crippen LogP contribution is -2.12. The predicted molar refractivity (Wildman–Crippen MR) is 89.9 cm³/mol. The number of thioether (sulfide) groups is 1. The number of amidine groups is 1. The third kappa shape index (κ3) is 4.53. The molecule has 0 aliphatic carbocycles. The summed E-state index contributed by atoms with van der Waals surface area (Å²) < 4.78 is 0. The van der Waals surface area contributed by atoms with Gasteiger partial charge in [0.1, 0.15) is 0 Å². The lowest BCUT2D eigenvalue weighted by molar-refractivity contribution is 0.318. The van der Waals surface area contributed by atoms with E-state index in [2.05, 4.69) is 37.2 Å². The fourth-order valence-corrected chi connectivity index (χ4v) is 3.20. The standard InChI is InChI=1S/C17H20N2OS/c1-12-7-13(2)9-15(8-12)11-21-10-14-3-5-16(6-4-14)17(18)19-20/h3-9,20H,10-11H2,1-2H3,(H2,18,19). The molecule has 0 saturated carbocycles. The first-order chi connectivity index (χ1) is 10.1. The molecule has 110 valence electrons. The molecular weight excluding hydrogens is 280 g/mol. The molecule has 0 radical (unpaired) electrons. The van der Waals surface area contributed by atoms with Crippen LogP contribution in [0.4, 0.5) is 0 Å². The maximum absolute atomic E-state index is 8.63. The topological polar surface area (TPSA) is 58.6 Å². The molecule has 0 fully saturated rings. The van der Waals surface area contributed by atoms with Crippen molar-refractivity contribution in [2.75, 3.05) is 0 Å². The van der Waals surface area contributed by atoms with Gasteiger partial charge in [-0.15, -0.1) is 0 Å². The number of hydrogen-bond donors (Lipinski definition) is 2. The molecule has 0 aromatic heterocycles. The predicted octanol–water partition coefficient (Wildman–Crippen LogP) is 3.83. The normalized spacial score (nSPS) is 11.6. The molecule has 21 heavy (non-hydrogen) atoms. The molecule has 3 N–H and O–H groups in total. The minimum Gasteiger partial charge on any atom is -0.409 e. The Hall–Kier alpha value is -1.94. The number of aryl methyl sites for hydroxylation is 2. The second kappa shape index (κ2) is 7.18. The Labute approximate surface area is 129 Å². The number of rotatable bonds is 5. The number of benzene rings is 2. The Morgan fingerprint density at radius 3 is 2.14 bits per heavy atom. The first-order valence-corrected chi connectivity index (χ1v) is 7.95. The summed E-state index contributed by atoms with van der Waals surface area (Å²) >= 11 is 1.89. The number of hydrogen-bond acceptors (Lipinski definition) is 3. The van der Waals surface area contributed by atoms with Crippen molar-refractivity contribution in [3.8, 4) is 0 Å². The van der Waals surface area contributed by atoms with Gasteiger partial charge in [-0.05, 0) is 25.0 Å². The Morgan fingerprint density at radius 1 is 1.00 bits per heavy atom. The molecule has 2 aromatic carbocycles. The van der Waals surface area contributed by atoms with Crippen LogP contribution >= 0.6 is 11.8 Å². The minimum atomic E-state index is 0.143. The van der Waals surface area contributed by atoms with E-state index in [4.69, 9.17) is 10.9 Å². The van der Waals surface area contributed by atoms with Gasteiger partial charge in [0.2, 0.25) is 0 Å². The van der Waals surface area contributed by atoms with E-state index in [1.165, 1.54) is 22.3 Å². The number of nitrogens with zero attached hydrogens (tertiary/aromatic N) is 1. The second-order valence-corrected chi connectivity index (χ2v) is 6.16. The van der Waals surface area contributed by atoms with Gasteiger partial charge in [0.15, 0.2) is 5.84 Å². The van der Waals surface area contributed by atoms with Crippen LogP contribution in [0.1, 0.15) is 27.8 Å². The minimum absolute atomic E-state index is 0.143. The summed E-state index contributed by atoms with van der Waals surface area (Å²) in [7, 11) is 0. The molecule has 0 atom stereocenters. The summed E-state index contributed by atoms with van der Waals surface area (Å²) in [6.07, 6.45) is 0. The van der Waals surface area contributed by atoms with Crippen LogP contribution in [0.25, 0.3) is 0 Å². The SMILES string of the molecule is Cc1cc(C)cc(CSCc2ccc(/C(N)=N/O)cc2)c1. The second-order valence-electron chi connectivity index (χ2n) is 5.17. The van der Waals surface area contributed by atoms with Crippen LogP contribution in [-0.2, 0) is 11.5 Å². The van der Waals surface area contributed by atoms with Crippen molar-refractivity contribution >= 4 is 17.6 Å². The zero-order chi connectivity index (χ0) is 15.2. The van der Waals surface area contributed by atoms with Crippen LogP contribution in [0.3, 0.4) is 0 Å².